The topological polar surface area (TPSA) is 56.8 Å². The zero-order valence-electron chi connectivity index (χ0n) is 33.8. The van der Waals surface area contributed by atoms with Crippen molar-refractivity contribution in [1.82, 2.24) is 5.32 Å². The highest BCUT2D eigenvalue weighted by Crippen LogP contribution is 2.20. The van der Waals surface area contributed by atoms with Gasteiger partial charge >= 0.3 is 6.09 Å². The van der Waals surface area contributed by atoms with Crippen LogP contribution in [-0.2, 0) is 14.2 Å². The summed E-state index contributed by atoms with van der Waals surface area (Å²) in [6.07, 6.45) is 37.3. The number of rotatable bonds is 36. The number of nitrogens with one attached hydrogen (secondary N) is 1. The second kappa shape index (κ2) is 33.3. The lowest BCUT2D eigenvalue weighted by atomic mass is 10.0. The first-order valence-electron chi connectivity index (χ1n) is 21.3. The van der Waals surface area contributed by atoms with E-state index in [0.717, 1.165) is 38.5 Å². The van der Waals surface area contributed by atoms with Gasteiger partial charge in [-0.15, -0.1) is 0 Å². The van der Waals surface area contributed by atoms with Gasteiger partial charge in [-0.05, 0) is 73.1 Å². The Morgan fingerprint density at radius 1 is 0.500 bits per heavy atom. The number of carbonyl (C=O) groups is 1. The Kier molecular flexibility index (Phi) is 32.8. The quantitative estimate of drug-likeness (QED) is 0.0669. The maximum atomic E-state index is 12.7. The molecule has 1 amide bonds. The van der Waals surface area contributed by atoms with Crippen LogP contribution < -0.4 is 5.32 Å². The minimum atomic E-state index is -0.258. The maximum Gasteiger partial charge on any atom is 0.407 e. The molecule has 0 fully saturated rings. The Bertz CT molecular complexity index is 674. The first-order chi connectivity index (χ1) is 23.1. The molecular formula is C43H87NO4. The summed E-state index contributed by atoms with van der Waals surface area (Å²) in [6.45, 7) is 16.9. The van der Waals surface area contributed by atoms with E-state index in [1.165, 1.54) is 148 Å². The molecule has 0 aromatic carbocycles. The zero-order chi connectivity index (χ0) is 35.6. The second-order valence-electron chi connectivity index (χ2n) is 16.3. The molecule has 0 aliphatic rings. The van der Waals surface area contributed by atoms with Gasteiger partial charge in [0.1, 0.15) is 6.10 Å². The van der Waals surface area contributed by atoms with Crippen molar-refractivity contribution in [2.75, 3.05) is 19.8 Å². The Morgan fingerprint density at radius 2 is 0.875 bits per heavy atom. The average molecular weight is 682 g/mol. The molecule has 0 aromatic rings. The lowest BCUT2D eigenvalue weighted by Gasteiger charge is -2.28. The summed E-state index contributed by atoms with van der Waals surface area (Å²) in [7, 11) is 0. The Morgan fingerprint density at radius 3 is 1.25 bits per heavy atom. The Hall–Kier alpha value is -0.810. The average Bonchev–Trinajstić information content (AvgIpc) is 3.02. The van der Waals surface area contributed by atoms with E-state index >= 15 is 0 Å². The first-order valence-corrected chi connectivity index (χ1v) is 21.3. The lowest BCUT2D eigenvalue weighted by Crippen LogP contribution is -2.32. The minimum absolute atomic E-state index is 0.0406. The van der Waals surface area contributed by atoms with Crippen molar-refractivity contribution in [3.63, 3.8) is 0 Å². The van der Waals surface area contributed by atoms with Crippen molar-refractivity contribution < 1.29 is 19.0 Å². The van der Waals surface area contributed by atoms with Crippen LogP contribution in [0, 0.1) is 0 Å². The number of amides is 1. The number of ether oxygens (including phenoxy) is 3. The molecule has 0 rings (SSSR count). The highest BCUT2D eigenvalue weighted by Gasteiger charge is 2.20. The Balaban J connectivity index is 4.26. The first kappa shape index (κ1) is 47.2. The highest BCUT2D eigenvalue weighted by molar-refractivity contribution is 5.67. The number of alkyl carbamates (subject to hydrolysis) is 1. The van der Waals surface area contributed by atoms with Gasteiger partial charge in [-0.25, -0.2) is 4.79 Å². The minimum Gasteiger partial charge on any atom is -0.446 e. The lowest BCUT2D eigenvalue weighted by molar-refractivity contribution is -0.0667. The monoisotopic (exact) mass is 682 g/mol. The molecule has 1 unspecified atom stereocenters. The molecule has 0 saturated heterocycles. The van der Waals surface area contributed by atoms with Crippen LogP contribution in [0.25, 0.3) is 0 Å². The molecule has 0 spiro atoms. The van der Waals surface area contributed by atoms with Crippen LogP contribution in [0.3, 0.4) is 0 Å². The molecule has 0 aromatic heterocycles. The van der Waals surface area contributed by atoms with Crippen LogP contribution in [-0.4, -0.2) is 43.2 Å². The molecule has 0 aliphatic heterocycles. The number of hydrogen-bond acceptors (Lipinski definition) is 4. The van der Waals surface area contributed by atoms with Crippen LogP contribution >= 0.6 is 0 Å². The van der Waals surface area contributed by atoms with E-state index in [0.29, 0.717) is 19.8 Å². The van der Waals surface area contributed by atoms with Gasteiger partial charge in [-0.1, -0.05) is 162 Å². The number of carbonyl (C=O) groups excluding carboxylic acids is 1. The van der Waals surface area contributed by atoms with Crippen molar-refractivity contribution in [2.45, 2.75) is 252 Å². The third-order valence-electron chi connectivity index (χ3n) is 9.61. The van der Waals surface area contributed by atoms with Crippen molar-refractivity contribution in [2.24, 2.45) is 0 Å². The van der Waals surface area contributed by atoms with Gasteiger partial charge in [0.15, 0.2) is 0 Å². The molecule has 1 N–H and O–H groups in total. The molecule has 0 heterocycles. The van der Waals surface area contributed by atoms with Gasteiger partial charge in [0.2, 0.25) is 0 Å². The van der Waals surface area contributed by atoms with Crippen LogP contribution in [0.5, 0.6) is 0 Å². The summed E-state index contributed by atoms with van der Waals surface area (Å²) in [4.78, 5) is 12.7. The smallest absolute Gasteiger partial charge is 0.407 e. The van der Waals surface area contributed by atoms with Crippen LogP contribution in [0.2, 0.25) is 0 Å². The summed E-state index contributed by atoms with van der Waals surface area (Å²) in [5, 5.41) is 2.99. The predicted octanol–water partition coefficient (Wildman–Crippen LogP) is 14.0. The molecule has 0 aliphatic carbocycles. The maximum absolute atomic E-state index is 12.7. The molecule has 0 bridgehead atoms. The molecule has 0 radical (unpaired) electrons. The van der Waals surface area contributed by atoms with E-state index in [4.69, 9.17) is 14.2 Å². The fourth-order valence-electron chi connectivity index (χ4n) is 6.34. The molecule has 1 atom stereocenters. The fraction of sp³-hybridized carbons (Fsp3) is 0.977. The SMILES string of the molecule is CCCCCCCCCCCCCCCC(CCCCCCCCCCCCCC)OC(=O)NCCCOC(C)(C)CCOC(C)(C)C. The molecular weight excluding hydrogens is 594 g/mol. The van der Waals surface area contributed by atoms with Gasteiger partial charge in [0.25, 0.3) is 0 Å². The zero-order valence-corrected chi connectivity index (χ0v) is 33.8. The van der Waals surface area contributed by atoms with E-state index < -0.39 is 0 Å². The fourth-order valence-corrected chi connectivity index (χ4v) is 6.34. The summed E-state index contributed by atoms with van der Waals surface area (Å²) in [6, 6.07) is 0. The van der Waals surface area contributed by atoms with Gasteiger partial charge in [-0.3, -0.25) is 0 Å². The molecule has 0 saturated carbocycles. The van der Waals surface area contributed by atoms with Crippen LogP contribution in [0.4, 0.5) is 4.79 Å². The molecule has 5 heteroatoms. The van der Waals surface area contributed by atoms with Gasteiger partial charge in [-0.2, -0.15) is 0 Å². The third kappa shape index (κ3) is 36.5. The summed E-state index contributed by atoms with van der Waals surface area (Å²) < 4.78 is 17.9. The highest BCUT2D eigenvalue weighted by atomic mass is 16.6. The van der Waals surface area contributed by atoms with Crippen LogP contribution in [0.1, 0.15) is 235 Å². The summed E-state index contributed by atoms with van der Waals surface area (Å²) in [5.41, 5.74) is -0.364. The van der Waals surface area contributed by atoms with Crippen molar-refractivity contribution in [3.05, 3.63) is 0 Å². The van der Waals surface area contributed by atoms with Gasteiger partial charge in [0.05, 0.1) is 11.2 Å². The molecule has 48 heavy (non-hydrogen) atoms. The van der Waals surface area contributed by atoms with Gasteiger partial charge in [0, 0.05) is 19.8 Å². The van der Waals surface area contributed by atoms with E-state index in [2.05, 4.69) is 53.8 Å². The predicted molar refractivity (Wildman–Crippen MR) is 209 cm³/mol. The second-order valence-corrected chi connectivity index (χ2v) is 16.3. The standard InChI is InChI=1S/C43H87NO4/c1-8-10-12-14-16-18-20-22-24-26-28-30-32-35-40(34-31-29-27-25-23-21-19-17-15-13-11-9-2)48-41(45)44-37-33-38-47-43(6,7)36-39-46-42(3,4)5/h40H,8-39H2,1-7H3,(H,44,45). The molecule has 5 nitrogen and oxygen atoms in total. The normalized spacial score (nSPS) is 12.8. The van der Waals surface area contributed by atoms with E-state index in [1.807, 2.05) is 0 Å². The van der Waals surface area contributed by atoms with Crippen molar-refractivity contribution in [3.8, 4) is 0 Å². The van der Waals surface area contributed by atoms with Crippen LogP contribution in [0.15, 0.2) is 0 Å². The largest absolute Gasteiger partial charge is 0.446 e. The van der Waals surface area contributed by atoms with E-state index in [-0.39, 0.29) is 23.4 Å². The number of unbranched alkanes of at least 4 members (excludes halogenated alkanes) is 23. The van der Waals surface area contributed by atoms with Gasteiger partial charge < -0.3 is 19.5 Å². The number of hydrogen-bond donors (Lipinski definition) is 1. The van der Waals surface area contributed by atoms with E-state index in [9.17, 15) is 4.79 Å². The summed E-state index contributed by atoms with van der Waals surface area (Å²) >= 11 is 0. The Labute approximate surface area is 301 Å². The van der Waals surface area contributed by atoms with Crippen molar-refractivity contribution >= 4 is 6.09 Å². The van der Waals surface area contributed by atoms with E-state index in [1.54, 1.807) is 0 Å². The third-order valence-corrected chi connectivity index (χ3v) is 9.61. The van der Waals surface area contributed by atoms with Crippen molar-refractivity contribution in [1.29, 1.82) is 0 Å². The molecule has 288 valence electrons. The summed E-state index contributed by atoms with van der Waals surface area (Å²) in [5.74, 6) is 0.